The molecule has 114 valence electrons. The van der Waals surface area contributed by atoms with Gasteiger partial charge < -0.3 is 4.52 Å². The zero-order valence-corrected chi connectivity index (χ0v) is 12.9. The van der Waals surface area contributed by atoms with Crippen LogP contribution in [0.4, 0.5) is 0 Å². The summed E-state index contributed by atoms with van der Waals surface area (Å²) in [5.74, 6) is 1.41. The van der Waals surface area contributed by atoms with E-state index >= 15 is 0 Å². The maximum atomic E-state index is 5.36. The van der Waals surface area contributed by atoms with Crippen molar-refractivity contribution < 1.29 is 4.52 Å². The van der Waals surface area contributed by atoms with E-state index in [-0.39, 0.29) is 6.04 Å². The Bertz CT molecular complexity index is 592. The van der Waals surface area contributed by atoms with Crippen molar-refractivity contribution in [2.24, 2.45) is 0 Å². The van der Waals surface area contributed by atoms with E-state index in [4.69, 9.17) is 4.52 Å². The molecular formula is C14H22N6O. The molecule has 7 nitrogen and oxygen atoms in total. The van der Waals surface area contributed by atoms with Crippen LogP contribution in [0, 0.1) is 6.92 Å². The molecule has 1 aliphatic rings. The lowest BCUT2D eigenvalue weighted by atomic mass is 10.1. The van der Waals surface area contributed by atoms with E-state index in [0.717, 1.165) is 32.7 Å². The second kappa shape index (κ2) is 5.95. The molecule has 1 aliphatic heterocycles. The van der Waals surface area contributed by atoms with Gasteiger partial charge in [-0.05, 0) is 27.0 Å². The quantitative estimate of drug-likeness (QED) is 0.840. The molecule has 0 spiro atoms. The molecule has 2 aromatic rings. The van der Waals surface area contributed by atoms with Crippen molar-refractivity contribution in [3.8, 4) is 0 Å². The fourth-order valence-corrected chi connectivity index (χ4v) is 2.80. The Kier molecular flexibility index (Phi) is 4.03. The van der Waals surface area contributed by atoms with E-state index in [0.29, 0.717) is 11.7 Å². The maximum Gasteiger partial charge on any atom is 0.245 e. The van der Waals surface area contributed by atoms with Gasteiger partial charge in [0.25, 0.3) is 0 Å². The Hall–Kier alpha value is -1.73. The SMILES string of the molecule is CCn1nccc1CN1CCN(C)C(c2nc(C)no2)C1. The summed E-state index contributed by atoms with van der Waals surface area (Å²) < 4.78 is 7.40. The number of aromatic nitrogens is 4. The van der Waals surface area contributed by atoms with Gasteiger partial charge in [0.2, 0.25) is 5.89 Å². The number of aryl methyl sites for hydroxylation is 2. The van der Waals surface area contributed by atoms with Gasteiger partial charge >= 0.3 is 0 Å². The number of rotatable bonds is 4. The van der Waals surface area contributed by atoms with Gasteiger partial charge in [-0.25, -0.2) is 0 Å². The fourth-order valence-electron chi connectivity index (χ4n) is 2.80. The molecule has 0 aromatic carbocycles. The third kappa shape index (κ3) is 2.98. The molecule has 1 fully saturated rings. The molecule has 7 heteroatoms. The zero-order valence-electron chi connectivity index (χ0n) is 12.9. The summed E-state index contributed by atoms with van der Waals surface area (Å²) in [5, 5.41) is 8.24. The van der Waals surface area contributed by atoms with Crippen LogP contribution in [0.3, 0.4) is 0 Å². The van der Waals surface area contributed by atoms with Crippen LogP contribution >= 0.6 is 0 Å². The summed E-state index contributed by atoms with van der Waals surface area (Å²) in [5.41, 5.74) is 1.25. The standard InChI is InChI=1S/C14H22N6O/c1-4-20-12(5-6-15-20)9-19-8-7-18(3)13(10-19)14-16-11(2)17-21-14/h5-6,13H,4,7-10H2,1-3H3. The van der Waals surface area contributed by atoms with Crippen LogP contribution in [0.1, 0.15) is 30.4 Å². The number of hydrogen-bond donors (Lipinski definition) is 0. The number of piperazine rings is 1. The minimum Gasteiger partial charge on any atom is -0.338 e. The first-order chi connectivity index (χ1) is 10.2. The molecule has 1 saturated heterocycles. The second-order valence-electron chi connectivity index (χ2n) is 5.55. The number of likely N-dealkylation sites (N-methyl/N-ethyl adjacent to an activating group) is 1. The van der Waals surface area contributed by atoms with E-state index in [1.807, 2.05) is 17.8 Å². The lowest BCUT2D eigenvalue weighted by Gasteiger charge is -2.37. The Labute approximate surface area is 124 Å². The Balaban J connectivity index is 1.71. The molecule has 0 bridgehead atoms. The van der Waals surface area contributed by atoms with E-state index in [2.05, 4.69) is 45.1 Å². The van der Waals surface area contributed by atoms with Crippen molar-refractivity contribution in [1.29, 1.82) is 0 Å². The third-order valence-electron chi connectivity index (χ3n) is 4.05. The molecule has 1 atom stereocenters. The number of hydrogen-bond acceptors (Lipinski definition) is 6. The topological polar surface area (TPSA) is 63.2 Å². The fraction of sp³-hybridized carbons (Fsp3) is 0.643. The van der Waals surface area contributed by atoms with Crippen molar-refractivity contribution in [3.63, 3.8) is 0 Å². The Morgan fingerprint density at radius 3 is 2.95 bits per heavy atom. The highest BCUT2D eigenvalue weighted by atomic mass is 16.5. The molecule has 1 unspecified atom stereocenters. The molecule has 3 rings (SSSR count). The summed E-state index contributed by atoms with van der Waals surface area (Å²) in [6, 6.07) is 2.26. The van der Waals surface area contributed by atoms with Crippen LogP contribution in [0.25, 0.3) is 0 Å². The van der Waals surface area contributed by atoms with E-state index in [1.54, 1.807) is 0 Å². The van der Waals surface area contributed by atoms with Crippen LogP contribution in [0.15, 0.2) is 16.8 Å². The van der Waals surface area contributed by atoms with Gasteiger partial charge in [0.05, 0.1) is 5.69 Å². The highest BCUT2D eigenvalue weighted by molar-refractivity contribution is 5.02. The molecule has 0 radical (unpaired) electrons. The van der Waals surface area contributed by atoms with Crippen molar-refractivity contribution in [2.75, 3.05) is 26.7 Å². The molecule has 0 saturated carbocycles. The summed E-state index contributed by atoms with van der Waals surface area (Å²) in [4.78, 5) is 9.09. The Morgan fingerprint density at radius 2 is 2.24 bits per heavy atom. The van der Waals surface area contributed by atoms with Gasteiger partial charge in [-0.15, -0.1) is 0 Å². The maximum absolute atomic E-state index is 5.36. The van der Waals surface area contributed by atoms with Gasteiger partial charge in [0.1, 0.15) is 6.04 Å². The van der Waals surface area contributed by atoms with Gasteiger partial charge in [-0.3, -0.25) is 14.5 Å². The molecule has 0 amide bonds. The highest BCUT2D eigenvalue weighted by Gasteiger charge is 2.30. The van der Waals surface area contributed by atoms with Gasteiger partial charge in [-0.1, -0.05) is 5.16 Å². The molecule has 2 aromatic heterocycles. The molecule has 3 heterocycles. The van der Waals surface area contributed by atoms with Gasteiger partial charge in [0.15, 0.2) is 5.82 Å². The normalized spacial score (nSPS) is 21.0. The van der Waals surface area contributed by atoms with Crippen LogP contribution in [0.2, 0.25) is 0 Å². The monoisotopic (exact) mass is 290 g/mol. The lowest BCUT2D eigenvalue weighted by molar-refractivity contribution is 0.0699. The van der Waals surface area contributed by atoms with Gasteiger partial charge in [0, 0.05) is 38.9 Å². The summed E-state index contributed by atoms with van der Waals surface area (Å²) in [6.07, 6.45) is 1.87. The molecule has 21 heavy (non-hydrogen) atoms. The predicted octanol–water partition coefficient (Wildman–Crippen LogP) is 1.08. The first-order valence-electron chi connectivity index (χ1n) is 7.41. The average molecular weight is 290 g/mol. The summed E-state index contributed by atoms with van der Waals surface area (Å²) in [6.45, 7) is 8.71. The van der Waals surface area contributed by atoms with Crippen molar-refractivity contribution in [1.82, 2.24) is 29.7 Å². The summed E-state index contributed by atoms with van der Waals surface area (Å²) in [7, 11) is 2.11. The molecule has 0 N–H and O–H groups in total. The van der Waals surface area contributed by atoms with Crippen LogP contribution < -0.4 is 0 Å². The first-order valence-corrected chi connectivity index (χ1v) is 7.41. The molecule has 0 aliphatic carbocycles. The minimum absolute atomic E-state index is 0.165. The van der Waals surface area contributed by atoms with Crippen LogP contribution in [-0.2, 0) is 13.1 Å². The smallest absolute Gasteiger partial charge is 0.245 e. The molecular weight excluding hydrogens is 268 g/mol. The van der Waals surface area contributed by atoms with Crippen LogP contribution in [0.5, 0.6) is 0 Å². The minimum atomic E-state index is 0.165. The lowest BCUT2D eigenvalue weighted by Crippen LogP contribution is -2.46. The second-order valence-corrected chi connectivity index (χ2v) is 5.55. The average Bonchev–Trinajstić information content (AvgIpc) is 3.09. The Morgan fingerprint density at radius 1 is 1.38 bits per heavy atom. The largest absolute Gasteiger partial charge is 0.338 e. The van der Waals surface area contributed by atoms with E-state index in [9.17, 15) is 0 Å². The van der Waals surface area contributed by atoms with Gasteiger partial charge in [-0.2, -0.15) is 10.1 Å². The number of nitrogens with zero attached hydrogens (tertiary/aromatic N) is 6. The van der Waals surface area contributed by atoms with Crippen molar-refractivity contribution >= 4 is 0 Å². The van der Waals surface area contributed by atoms with Crippen molar-refractivity contribution in [3.05, 3.63) is 29.7 Å². The predicted molar refractivity (Wildman–Crippen MR) is 77.6 cm³/mol. The van der Waals surface area contributed by atoms with Crippen LogP contribution in [-0.4, -0.2) is 56.4 Å². The van der Waals surface area contributed by atoms with E-state index < -0.39 is 0 Å². The summed E-state index contributed by atoms with van der Waals surface area (Å²) >= 11 is 0. The third-order valence-corrected chi connectivity index (χ3v) is 4.05. The zero-order chi connectivity index (χ0) is 14.8. The van der Waals surface area contributed by atoms with E-state index in [1.165, 1.54) is 5.69 Å². The first kappa shape index (κ1) is 14.2. The highest BCUT2D eigenvalue weighted by Crippen LogP contribution is 2.23. The van der Waals surface area contributed by atoms with Crippen molar-refractivity contribution in [2.45, 2.75) is 33.0 Å².